The average Bonchev–Trinajstić information content (AvgIpc) is 3.00. The number of nitrogens with zero attached hydrogens (tertiary/aromatic N) is 4. The van der Waals surface area contributed by atoms with Crippen molar-refractivity contribution < 1.29 is 9.72 Å². The maximum absolute atomic E-state index is 12.7. The lowest BCUT2D eigenvalue weighted by Gasteiger charge is -2.35. The maximum Gasteiger partial charge on any atom is 0.285 e. The molecular formula is C16H20N4O3S. The molecule has 7 nitrogen and oxygen atoms in total. The van der Waals surface area contributed by atoms with Gasteiger partial charge in [0.1, 0.15) is 5.56 Å². The molecule has 2 aliphatic rings. The second-order valence-corrected chi connectivity index (χ2v) is 7.46. The van der Waals surface area contributed by atoms with Crippen molar-refractivity contribution in [1.82, 2.24) is 9.80 Å². The monoisotopic (exact) mass is 348 g/mol. The van der Waals surface area contributed by atoms with Crippen molar-refractivity contribution in [3.63, 3.8) is 0 Å². The van der Waals surface area contributed by atoms with Gasteiger partial charge in [-0.1, -0.05) is 30.8 Å². The molecule has 0 bridgehead atoms. The number of nitro benzene ring substituents is 1. The quantitative estimate of drug-likeness (QED) is 0.604. The zero-order valence-electron chi connectivity index (χ0n) is 13.8. The maximum atomic E-state index is 12.7. The number of carbonyl (C=O) groups excluding carboxylic acids is 1. The second-order valence-electron chi connectivity index (χ2n) is 6.06. The van der Waals surface area contributed by atoms with E-state index in [1.54, 1.807) is 41.8 Å². The molecule has 1 atom stereocenters. The molecule has 0 spiro atoms. The zero-order chi connectivity index (χ0) is 17.3. The number of aliphatic imine (C=N–C) groups is 1. The van der Waals surface area contributed by atoms with E-state index in [-0.39, 0.29) is 17.2 Å². The Labute approximate surface area is 144 Å². The molecule has 2 heterocycles. The van der Waals surface area contributed by atoms with Crippen molar-refractivity contribution in [2.24, 2.45) is 4.99 Å². The van der Waals surface area contributed by atoms with Crippen LogP contribution in [0.3, 0.4) is 0 Å². The zero-order valence-corrected chi connectivity index (χ0v) is 14.6. The summed E-state index contributed by atoms with van der Waals surface area (Å²) in [5, 5.41) is 12.9. The summed E-state index contributed by atoms with van der Waals surface area (Å²) >= 11 is 1.77. The van der Waals surface area contributed by atoms with Crippen LogP contribution in [-0.4, -0.2) is 63.8 Å². The van der Waals surface area contributed by atoms with Gasteiger partial charge in [0.05, 0.1) is 11.5 Å². The summed E-state index contributed by atoms with van der Waals surface area (Å²) in [6.45, 7) is 7.18. The molecule has 1 amide bonds. The van der Waals surface area contributed by atoms with Crippen LogP contribution in [0.5, 0.6) is 0 Å². The highest BCUT2D eigenvalue weighted by atomic mass is 32.2. The first-order valence-electron chi connectivity index (χ1n) is 7.96. The Balaban J connectivity index is 1.70. The standard InChI is InChI=1S/C16H20N4O3S/c1-11-4-3-5-13(14(11)20(22)23)15(21)18-6-8-19(9-7-18)16-17-10-12(2)24-16/h3-5,12H,6-10H2,1-2H3/t12-/m0/s1. The highest BCUT2D eigenvalue weighted by Crippen LogP contribution is 2.26. The van der Waals surface area contributed by atoms with Gasteiger partial charge in [-0.2, -0.15) is 0 Å². The van der Waals surface area contributed by atoms with E-state index in [9.17, 15) is 14.9 Å². The van der Waals surface area contributed by atoms with Gasteiger partial charge in [-0.05, 0) is 13.0 Å². The van der Waals surface area contributed by atoms with Gasteiger partial charge in [-0.3, -0.25) is 19.9 Å². The van der Waals surface area contributed by atoms with E-state index < -0.39 is 4.92 Å². The first kappa shape index (κ1) is 16.8. The summed E-state index contributed by atoms with van der Waals surface area (Å²) in [7, 11) is 0. The van der Waals surface area contributed by atoms with Crippen molar-refractivity contribution in [2.45, 2.75) is 19.1 Å². The Kier molecular flexibility index (Phi) is 4.75. The minimum atomic E-state index is -0.468. The van der Waals surface area contributed by atoms with Crippen LogP contribution >= 0.6 is 11.8 Å². The normalized spacial score (nSPS) is 20.9. The molecule has 1 aromatic carbocycles. The molecule has 128 valence electrons. The predicted octanol–water partition coefficient (Wildman–Crippen LogP) is 2.15. The Morgan fingerprint density at radius 3 is 2.62 bits per heavy atom. The molecule has 8 heteroatoms. The minimum Gasteiger partial charge on any atom is -0.348 e. The molecule has 0 aliphatic carbocycles. The van der Waals surface area contributed by atoms with Gasteiger partial charge < -0.3 is 9.80 Å². The molecule has 0 radical (unpaired) electrons. The number of hydrogen-bond donors (Lipinski definition) is 0. The van der Waals surface area contributed by atoms with E-state index in [0.717, 1.165) is 11.7 Å². The molecule has 1 aromatic rings. The van der Waals surface area contributed by atoms with Crippen molar-refractivity contribution in [2.75, 3.05) is 32.7 Å². The summed E-state index contributed by atoms with van der Waals surface area (Å²) in [6.07, 6.45) is 0. The third-order valence-electron chi connectivity index (χ3n) is 4.28. The minimum absolute atomic E-state index is 0.0884. The van der Waals surface area contributed by atoms with E-state index in [1.807, 2.05) is 0 Å². The number of rotatable bonds is 2. The van der Waals surface area contributed by atoms with E-state index in [2.05, 4.69) is 16.8 Å². The van der Waals surface area contributed by atoms with Gasteiger partial charge in [-0.25, -0.2) is 0 Å². The van der Waals surface area contributed by atoms with E-state index in [4.69, 9.17) is 0 Å². The van der Waals surface area contributed by atoms with Gasteiger partial charge in [0.15, 0.2) is 5.17 Å². The van der Waals surface area contributed by atoms with Gasteiger partial charge in [0.25, 0.3) is 11.6 Å². The molecule has 0 saturated carbocycles. The second kappa shape index (κ2) is 6.80. The van der Waals surface area contributed by atoms with Crippen molar-refractivity contribution in [3.8, 4) is 0 Å². The molecule has 0 aromatic heterocycles. The number of benzene rings is 1. The van der Waals surface area contributed by atoms with Crippen LogP contribution in [0.25, 0.3) is 0 Å². The SMILES string of the molecule is Cc1cccc(C(=O)N2CCN(C3=NC[C@H](C)S3)CC2)c1[N+](=O)[O-]. The molecule has 1 fully saturated rings. The number of thioether (sulfide) groups is 1. The fourth-order valence-electron chi connectivity index (χ4n) is 2.98. The van der Waals surface area contributed by atoms with Crippen molar-refractivity contribution in [1.29, 1.82) is 0 Å². The van der Waals surface area contributed by atoms with Crippen LogP contribution < -0.4 is 0 Å². The number of hydrogen-bond acceptors (Lipinski definition) is 6. The molecule has 2 aliphatic heterocycles. The molecule has 24 heavy (non-hydrogen) atoms. The smallest absolute Gasteiger partial charge is 0.285 e. The predicted molar refractivity (Wildman–Crippen MR) is 94.7 cm³/mol. The third-order valence-corrected chi connectivity index (χ3v) is 5.43. The highest BCUT2D eigenvalue weighted by molar-refractivity contribution is 8.14. The van der Waals surface area contributed by atoms with Gasteiger partial charge in [0.2, 0.25) is 0 Å². The molecular weight excluding hydrogens is 328 g/mol. The van der Waals surface area contributed by atoms with Crippen LogP contribution in [-0.2, 0) is 0 Å². The van der Waals surface area contributed by atoms with Crippen molar-refractivity contribution >= 4 is 28.5 Å². The first-order chi connectivity index (χ1) is 11.5. The summed E-state index contributed by atoms with van der Waals surface area (Å²) in [6, 6.07) is 4.89. The summed E-state index contributed by atoms with van der Waals surface area (Å²) in [5.41, 5.74) is 0.597. The fourth-order valence-corrected chi connectivity index (χ4v) is 3.97. The summed E-state index contributed by atoms with van der Waals surface area (Å²) in [4.78, 5) is 32.0. The number of para-hydroxylation sites is 1. The van der Waals surface area contributed by atoms with E-state index >= 15 is 0 Å². The van der Waals surface area contributed by atoms with Crippen LogP contribution in [0, 0.1) is 17.0 Å². The topological polar surface area (TPSA) is 79.0 Å². The lowest BCUT2D eigenvalue weighted by atomic mass is 10.1. The van der Waals surface area contributed by atoms with Crippen LogP contribution in [0.2, 0.25) is 0 Å². The van der Waals surface area contributed by atoms with Gasteiger partial charge >= 0.3 is 0 Å². The van der Waals surface area contributed by atoms with E-state index in [1.165, 1.54) is 0 Å². The van der Waals surface area contributed by atoms with E-state index in [0.29, 0.717) is 37.0 Å². The number of piperazine rings is 1. The largest absolute Gasteiger partial charge is 0.348 e. The number of amides is 1. The summed E-state index contributed by atoms with van der Waals surface area (Å²) in [5.74, 6) is -0.264. The Bertz CT molecular complexity index is 699. The van der Waals surface area contributed by atoms with Gasteiger partial charge in [0, 0.05) is 37.0 Å². The van der Waals surface area contributed by atoms with Crippen LogP contribution in [0.1, 0.15) is 22.8 Å². The Hall–Kier alpha value is -2.09. The van der Waals surface area contributed by atoms with Gasteiger partial charge in [-0.15, -0.1) is 0 Å². The molecule has 0 unspecified atom stereocenters. The number of aryl methyl sites for hydroxylation is 1. The van der Waals surface area contributed by atoms with Crippen LogP contribution in [0.4, 0.5) is 5.69 Å². The Morgan fingerprint density at radius 1 is 1.33 bits per heavy atom. The lowest BCUT2D eigenvalue weighted by molar-refractivity contribution is -0.385. The molecule has 0 N–H and O–H groups in total. The van der Waals surface area contributed by atoms with Crippen LogP contribution in [0.15, 0.2) is 23.2 Å². The first-order valence-corrected chi connectivity index (χ1v) is 8.84. The summed E-state index contributed by atoms with van der Waals surface area (Å²) < 4.78 is 0. The third kappa shape index (κ3) is 3.24. The number of carbonyl (C=O) groups is 1. The lowest BCUT2D eigenvalue weighted by Crippen LogP contribution is -2.50. The molecule has 1 saturated heterocycles. The number of nitro groups is 1. The average molecular weight is 348 g/mol. The van der Waals surface area contributed by atoms with Crippen molar-refractivity contribution in [3.05, 3.63) is 39.4 Å². The molecule has 3 rings (SSSR count). The number of amidine groups is 1. The fraction of sp³-hybridized carbons (Fsp3) is 0.500. The highest BCUT2D eigenvalue weighted by Gasteiger charge is 2.30. The Morgan fingerprint density at radius 2 is 2.04 bits per heavy atom.